The molecule has 110 valence electrons. The summed E-state index contributed by atoms with van der Waals surface area (Å²) < 4.78 is 0.580. The Labute approximate surface area is 130 Å². The predicted molar refractivity (Wildman–Crippen MR) is 79.8 cm³/mol. The summed E-state index contributed by atoms with van der Waals surface area (Å²) in [4.78, 5) is 24.3. The van der Waals surface area contributed by atoms with E-state index in [0.717, 1.165) is 12.8 Å². The minimum Gasteiger partial charge on any atom is -0.480 e. The first-order chi connectivity index (χ1) is 9.99. The fraction of sp³-hybridized carbons (Fsp3) is 0.357. The van der Waals surface area contributed by atoms with Crippen LogP contribution in [0.25, 0.3) is 0 Å². The molecule has 0 heterocycles. The molecule has 1 fully saturated rings. The van der Waals surface area contributed by atoms with Crippen LogP contribution in [0, 0.1) is 17.2 Å². The maximum absolute atomic E-state index is 12.2. The predicted octanol–water partition coefficient (Wildman–Crippen LogP) is 2.65. The fourth-order valence-corrected chi connectivity index (χ4v) is 2.35. The van der Waals surface area contributed by atoms with Gasteiger partial charge >= 0.3 is 12.0 Å². The largest absolute Gasteiger partial charge is 0.480 e. The number of carboxylic acid groups (broad SMARTS) is 1. The lowest BCUT2D eigenvalue weighted by Crippen LogP contribution is -2.40. The summed E-state index contributed by atoms with van der Waals surface area (Å²) in [7, 11) is 0. The number of rotatable bonds is 5. The number of nitriles is 1. The lowest BCUT2D eigenvalue weighted by molar-refractivity contribution is -0.137. The average Bonchev–Trinajstić information content (AvgIpc) is 3.23. The van der Waals surface area contributed by atoms with Crippen LogP contribution in [0.1, 0.15) is 18.4 Å². The van der Waals surface area contributed by atoms with Gasteiger partial charge < -0.3 is 15.3 Å². The highest BCUT2D eigenvalue weighted by Crippen LogP contribution is 2.30. The van der Waals surface area contributed by atoms with Crippen LogP contribution >= 0.6 is 15.9 Å². The number of carbonyl (C=O) groups is 2. The number of hydrogen-bond donors (Lipinski definition) is 2. The van der Waals surface area contributed by atoms with Gasteiger partial charge in [0.05, 0.1) is 17.3 Å². The van der Waals surface area contributed by atoms with Crippen LogP contribution in [0.4, 0.5) is 10.5 Å². The number of amides is 2. The molecule has 21 heavy (non-hydrogen) atoms. The second-order valence-electron chi connectivity index (χ2n) is 4.95. The molecule has 1 aromatic carbocycles. The molecular weight excluding hydrogens is 338 g/mol. The Bertz CT molecular complexity index is 608. The van der Waals surface area contributed by atoms with Crippen LogP contribution in [-0.2, 0) is 4.79 Å². The van der Waals surface area contributed by atoms with Gasteiger partial charge in [-0.25, -0.2) is 4.79 Å². The highest BCUT2D eigenvalue weighted by atomic mass is 79.9. The summed E-state index contributed by atoms with van der Waals surface area (Å²) in [6.45, 7) is 0.127. The van der Waals surface area contributed by atoms with E-state index in [2.05, 4.69) is 21.2 Å². The zero-order chi connectivity index (χ0) is 15.4. The van der Waals surface area contributed by atoms with Gasteiger partial charge in [0.15, 0.2) is 0 Å². The van der Waals surface area contributed by atoms with Gasteiger partial charge in [-0.1, -0.05) is 0 Å². The first kappa shape index (κ1) is 15.3. The molecule has 0 unspecified atom stereocenters. The minimum atomic E-state index is -1.04. The minimum absolute atomic E-state index is 0.323. The SMILES string of the molecule is N#Cc1ccc(NC(=O)N(CC(=O)O)CC2CC2)c(Br)c1. The molecule has 2 N–H and O–H groups in total. The molecule has 0 spiro atoms. The number of carbonyl (C=O) groups excluding carboxylic acids is 1. The second kappa shape index (κ2) is 6.59. The molecule has 1 aliphatic carbocycles. The maximum atomic E-state index is 12.2. The van der Waals surface area contributed by atoms with E-state index in [1.165, 1.54) is 4.90 Å². The summed E-state index contributed by atoms with van der Waals surface area (Å²) in [6.07, 6.45) is 2.06. The third kappa shape index (κ3) is 4.46. The van der Waals surface area contributed by atoms with Crippen molar-refractivity contribution in [2.45, 2.75) is 12.8 Å². The lowest BCUT2D eigenvalue weighted by Gasteiger charge is -2.21. The van der Waals surface area contributed by atoms with Crippen LogP contribution < -0.4 is 5.32 Å². The second-order valence-corrected chi connectivity index (χ2v) is 5.81. The van der Waals surface area contributed by atoms with E-state index < -0.39 is 12.0 Å². The molecule has 0 aliphatic heterocycles. The maximum Gasteiger partial charge on any atom is 0.323 e. The van der Waals surface area contributed by atoms with Crippen molar-refractivity contribution in [3.8, 4) is 6.07 Å². The highest BCUT2D eigenvalue weighted by molar-refractivity contribution is 9.10. The number of nitrogens with zero attached hydrogens (tertiary/aromatic N) is 2. The summed E-state index contributed by atoms with van der Waals surface area (Å²) >= 11 is 3.28. The molecular formula is C14H14BrN3O3. The molecule has 1 aliphatic rings. The van der Waals surface area contributed by atoms with Gasteiger partial charge in [-0.05, 0) is 52.9 Å². The number of nitrogens with one attached hydrogen (secondary N) is 1. The van der Waals surface area contributed by atoms with Gasteiger partial charge in [-0.2, -0.15) is 5.26 Å². The molecule has 2 rings (SSSR count). The van der Waals surface area contributed by atoms with Crippen molar-refractivity contribution in [1.82, 2.24) is 4.90 Å². The number of urea groups is 1. The van der Waals surface area contributed by atoms with E-state index >= 15 is 0 Å². The van der Waals surface area contributed by atoms with Gasteiger partial charge in [0.1, 0.15) is 6.54 Å². The molecule has 7 heteroatoms. The van der Waals surface area contributed by atoms with E-state index in [9.17, 15) is 9.59 Å². The van der Waals surface area contributed by atoms with E-state index in [1.54, 1.807) is 18.2 Å². The van der Waals surface area contributed by atoms with Gasteiger partial charge in [0, 0.05) is 11.0 Å². The third-order valence-corrected chi connectivity index (χ3v) is 3.78. The number of benzene rings is 1. The smallest absolute Gasteiger partial charge is 0.323 e. The zero-order valence-corrected chi connectivity index (χ0v) is 12.8. The number of carboxylic acids is 1. The van der Waals surface area contributed by atoms with Crippen molar-refractivity contribution in [2.75, 3.05) is 18.4 Å². The number of halogens is 1. The number of aliphatic carboxylic acids is 1. The normalized spacial score (nSPS) is 13.3. The van der Waals surface area contributed by atoms with Crippen molar-refractivity contribution < 1.29 is 14.7 Å². The summed E-state index contributed by atoms with van der Waals surface area (Å²) in [5.41, 5.74) is 0.977. The van der Waals surface area contributed by atoms with E-state index in [-0.39, 0.29) is 6.54 Å². The monoisotopic (exact) mass is 351 g/mol. The van der Waals surface area contributed by atoms with E-state index in [4.69, 9.17) is 10.4 Å². The third-order valence-electron chi connectivity index (χ3n) is 3.13. The molecule has 0 atom stereocenters. The lowest BCUT2D eigenvalue weighted by atomic mass is 10.2. The van der Waals surface area contributed by atoms with E-state index in [0.29, 0.717) is 28.2 Å². The van der Waals surface area contributed by atoms with Crippen LogP contribution in [0.15, 0.2) is 22.7 Å². The zero-order valence-electron chi connectivity index (χ0n) is 11.2. The average molecular weight is 352 g/mol. The number of anilines is 1. The van der Waals surface area contributed by atoms with Crippen LogP contribution in [0.3, 0.4) is 0 Å². The summed E-state index contributed by atoms with van der Waals surface area (Å²) in [5.74, 6) is -0.635. The first-order valence-corrected chi connectivity index (χ1v) is 7.26. The van der Waals surface area contributed by atoms with Crippen LogP contribution in [-0.4, -0.2) is 35.1 Å². The van der Waals surface area contributed by atoms with Crippen molar-refractivity contribution in [2.24, 2.45) is 5.92 Å². The van der Waals surface area contributed by atoms with Crippen molar-refractivity contribution in [3.63, 3.8) is 0 Å². The van der Waals surface area contributed by atoms with E-state index in [1.807, 2.05) is 6.07 Å². The molecule has 1 aromatic rings. The van der Waals surface area contributed by atoms with Gasteiger partial charge in [0.2, 0.25) is 0 Å². The van der Waals surface area contributed by atoms with Crippen molar-refractivity contribution in [1.29, 1.82) is 5.26 Å². The summed E-state index contributed by atoms with van der Waals surface area (Å²) in [6, 6.07) is 6.34. The Balaban J connectivity index is 2.06. The number of hydrogen-bond acceptors (Lipinski definition) is 3. The molecule has 6 nitrogen and oxygen atoms in total. The molecule has 0 saturated heterocycles. The topological polar surface area (TPSA) is 93.4 Å². The Kier molecular flexibility index (Phi) is 4.81. The molecule has 0 aromatic heterocycles. The molecule has 0 radical (unpaired) electrons. The Hall–Kier alpha value is -2.07. The Morgan fingerprint density at radius 3 is 2.71 bits per heavy atom. The van der Waals surface area contributed by atoms with Gasteiger partial charge in [-0.15, -0.1) is 0 Å². The van der Waals surface area contributed by atoms with Crippen LogP contribution in [0.5, 0.6) is 0 Å². The van der Waals surface area contributed by atoms with Crippen molar-refractivity contribution in [3.05, 3.63) is 28.2 Å². The first-order valence-electron chi connectivity index (χ1n) is 6.47. The van der Waals surface area contributed by atoms with Crippen LogP contribution in [0.2, 0.25) is 0 Å². The summed E-state index contributed by atoms with van der Waals surface area (Å²) in [5, 5.41) is 20.4. The molecule has 2 amide bonds. The van der Waals surface area contributed by atoms with Gasteiger partial charge in [-0.3, -0.25) is 4.79 Å². The fourth-order valence-electron chi connectivity index (χ4n) is 1.87. The molecule has 1 saturated carbocycles. The Morgan fingerprint density at radius 1 is 1.48 bits per heavy atom. The van der Waals surface area contributed by atoms with Crippen molar-refractivity contribution >= 4 is 33.6 Å². The highest BCUT2D eigenvalue weighted by Gasteiger charge is 2.28. The quantitative estimate of drug-likeness (QED) is 0.852. The standard InChI is InChI=1S/C14H14BrN3O3/c15-11-5-10(6-16)3-4-12(11)17-14(21)18(8-13(19)20)7-9-1-2-9/h3-5,9H,1-2,7-8H2,(H,17,21)(H,19,20). The van der Waals surface area contributed by atoms with Gasteiger partial charge in [0.25, 0.3) is 0 Å². The Morgan fingerprint density at radius 2 is 2.19 bits per heavy atom. The molecule has 0 bridgehead atoms.